The number of nitrogens with zero attached hydrogens (tertiary/aromatic N) is 4. The summed E-state index contributed by atoms with van der Waals surface area (Å²) in [5.74, 6) is 0.804. The lowest BCUT2D eigenvalue weighted by Gasteiger charge is -2.05. The Hall–Kier alpha value is -2.31. The summed E-state index contributed by atoms with van der Waals surface area (Å²) in [6.45, 7) is 2.02. The summed E-state index contributed by atoms with van der Waals surface area (Å²) in [6.07, 6.45) is 3.66. The predicted molar refractivity (Wildman–Crippen MR) is 99.2 cm³/mol. The molecular formula is C18H14N4S2. The molecule has 0 bridgehead atoms. The van der Waals surface area contributed by atoms with Crippen LogP contribution in [0.25, 0.3) is 21.5 Å². The Kier molecular flexibility index (Phi) is 4.23. The molecule has 24 heavy (non-hydrogen) atoms. The maximum atomic E-state index is 4.69. The molecule has 0 aliphatic carbocycles. The van der Waals surface area contributed by atoms with E-state index < -0.39 is 0 Å². The second-order valence-electron chi connectivity index (χ2n) is 5.28. The molecule has 0 amide bonds. The van der Waals surface area contributed by atoms with Crippen LogP contribution < -0.4 is 0 Å². The van der Waals surface area contributed by atoms with Gasteiger partial charge in [0.05, 0.1) is 9.71 Å². The maximum Gasteiger partial charge on any atom is 0.146 e. The molecule has 0 aliphatic rings. The smallest absolute Gasteiger partial charge is 0.146 e. The predicted octanol–water partition coefficient (Wildman–Crippen LogP) is 4.75. The Bertz CT molecular complexity index is 968. The van der Waals surface area contributed by atoms with Crippen molar-refractivity contribution in [3.8, 4) is 11.3 Å². The van der Waals surface area contributed by atoms with E-state index in [-0.39, 0.29) is 0 Å². The van der Waals surface area contributed by atoms with Gasteiger partial charge in [0.15, 0.2) is 0 Å². The van der Waals surface area contributed by atoms with E-state index in [0.29, 0.717) is 0 Å². The monoisotopic (exact) mass is 350 g/mol. The van der Waals surface area contributed by atoms with Gasteiger partial charge in [-0.2, -0.15) is 0 Å². The number of hydrogen-bond acceptors (Lipinski definition) is 6. The van der Waals surface area contributed by atoms with E-state index in [1.54, 1.807) is 29.3 Å². The van der Waals surface area contributed by atoms with Crippen molar-refractivity contribution in [1.82, 2.24) is 20.2 Å². The van der Waals surface area contributed by atoms with Gasteiger partial charge in [0.2, 0.25) is 0 Å². The molecule has 0 spiro atoms. The number of thioether (sulfide) groups is 1. The van der Waals surface area contributed by atoms with Gasteiger partial charge in [-0.25, -0.2) is 4.98 Å². The minimum Gasteiger partial charge on any atom is -0.264 e. The lowest BCUT2D eigenvalue weighted by molar-refractivity contribution is 0.955. The summed E-state index contributed by atoms with van der Waals surface area (Å²) in [5.41, 5.74) is 4.08. The van der Waals surface area contributed by atoms with Crippen LogP contribution in [0.1, 0.15) is 10.6 Å². The van der Waals surface area contributed by atoms with E-state index in [2.05, 4.69) is 33.4 Å². The number of fused-ring (bicyclic) bond motifs is 1. The molecule has 4 rings (SSSR count). The Labute approximate surface area is 148 Å². The quantitative estimate of drug-likeness (QED) is 0.497. The van der Waals surface area contributed by atoms with Crippen LogP contribution in [0.3, 0.4) is 0 Å². The minimum atomic E-state index is 0.804. The average molecular weight is 350 g/mol. The van der Waals surface area contributed by atoms with Gasteiger partial charge in [0, 0.05) is 23.7 Å². The van der Waals surface area contributed by atoms with Crippen LogP contribution in [0, 0.1) is 6.92 Å². The first-order valence-corrected chi connectivity index (χ1v) is 9.32. The molecule has 1 aromatic carbocycles. The zero-order valence-corrected chi connectivity index (χ0v) is 14.6. The summed E-state index contributed by atoms with van der Waals surface area (Å²) in [7, 11) is 0. The van der Waals surface area contributed by atoms with Gasteiger partial charge in [-0.3, -0.25) is 4.98 Å². The molecule has 4 aromatic rings. The van der Waals surface area contributed by atoms with Crippen LogP contribution in [0.4, 0.5) is 0 Å². The number of hydrogen-bond donors (Lipinski definition) is 0. The molecular weight excluding hydrogens is 336 g/mol. The van der Waals surface area contributed by atoms with Crippen molar-refractivity contribution in [2.45, 2.75) is 17.7 Å². The first-order valence-electron chi connectivity index (χ1n) is 7.52. The number of benzene rings is 1. The molecule has 0 atom stereocenters. The zero-order chi connectivity index (χ0) is 16.4. The zero-order valence-electron chi connectivity index (χ0n) is 13.0. The molecule has 0 N–H and O–H groups in total. The number of thiazole rings is 1. The molecule has 118 valence electrons. The highest BCUT2D eigenvalue weighted by Gasteiger charge is 2.15. The molecule has 0 aliphatic heterocycles. The van der Waals surface area contributed by atoms with Crippen molar-refractivity contribution in [2.24, 2.45) is 0 Å². The molecule has 0 unspecified atom stereocenters. The van der Waals surface area contributed by atoms with Gasteiger partial charge in [0.1, 0.15) is 16.2 Å². The van der Waals surface area contributed by atoms with Crippen LogP contribution in [-0.2, 0) is 5.75 Å². The maximum absolute atomic E-state index is 4.69. The third kappa shape index (κ3) is 3.02. The Morgan fingerprint density at radius 2 is 1.92 bits per heavy atom. The lowest BCUT2D eigenvalue weighted by atomic mass is 10.1. The van der Waals surface area contributed by atoms with Crippen LogP contribution >= 0.6 is 23.1 Å². The second-order valence-corrected chi connectivity index (χ2v) is 7.45. The third-order valence-electron chi connectivity index (χ3n) is 3.54. The number of rotatable bonds is 4. The molecule has 4 nitrogen and oxygen atoms in total. The summed E-state index contributed by atoms with van der Waals surface area (Å²) in [6, 6.07) is 14.2. The molecule has 0 saturated heterocycles. The fourth-order valence-electron chi connectivity index (χ4n) is 2.44. The fourth-order valence-corrected chi connectivity index (χ4v) is 4.29. The first kappa shape index (κ1) is 15.2. The molecule has 3 aromatic heterocycles. The molecule has 0 radical (unpaired) electrons. The fraction of sp³-hybridized carbons (Fsp3) is 0.111. The highest BCUT2D eigenvalue weighted by molar-refractivity contribution is 7.98. The third-order valence-corrected chi connectivity index (χ3v) is 5.54. The second kappa shape index (κ2) is 6.67. The Balaban J connectivity index is 1.73. The van der Waals surface area contributed by atoms with Gasteiger partial charge in [-0.1, -0.05) is 48.2 Å². The standard InChI is InChI=1S/C18H14N4S2/c1-12-20-16-17(24-12)15(14-7-3-2-4-8-14)21-22-18(16)23-11-13-6-5-9-19-10-13/h2-10H,11H2,1H3. The van der Waals surface area contributed by atoms with Gasteiger partial charge >= 0.3 is 0 Å². The van der Waals surface area contributed by atoms with Crippen LogP contribution in [0.5, 0.6) is 0 Å². The van der Waals surface area contributed by atoms with Crippen LogP contribution in [0.15, 0.2) is 59.9 Å². The normalized spacial score (nSPS) is 11.0. The van der Waals surface area contributed by atoms with Crippen molar-refractivity contribution < 1.29 is 0 Å². The molecule has 3 heterocycles. The van der Waals surface area contributed by atoms with Gasteiger partial charge in [-0.05, 0) is 18.6 Å². The van der Waals surface area contributed by atoms with E-state index >= 15 is 0 Å². The molecule has 0 fully saturated rings. The van der Waals surface area contributed by atoms with Gasteiger partial charge in [-0.15, -0.1) is 21.5 Å². The van der Waals surface area contributed by atoms with Crippen molar-refractivity contribution in [3.05, 3.63) is 65.4 Å². The Morgan fingerprint density at radius 1 is 1.04 bits per heavy atom. The van der Waals surface area contributed by atoms with E-state index in [0.717, 1.165) is 42.8 Å². The summed E-state index contributed by atoms with van der Waals surface area (Å²) >= 11 is 3.32. The lowest BCUT2D eigenvalue weighted by Crippen LogP contribution is -1.93. The average Bonchev–Trinajstić information content (AvgIpc) is 3.03. The summed E-state index contributed by atoms with van der Waals surface area (Å²) in [5, 5.41) is 10.8. The van der Waals surface area contributed by atoms with Crippen molar-refractivity contribution >= 4 is 33.3 Å². The largest absolute Gasteiger partial charge is 0.264 e. The van der Waals surface area contributed by atoms with Crippen molar-refractivity contribution in [3.63, 3.8) is 0 Å². The summed E-state index contributed by atoms with van der Waals surface area (Å²) < 4.78 is 1.10. The van der Waals surface area contributed by atoms with E-state index in [1.165, 1.54) is 0 Å². The van der Waals surface area contributed by atoms with E-state index in [9.17, 15) is 0 Å². The van der Waals surface area contributed by atoms with Crippen molar-refractivity contribution in [2.75, 3.05) is 0 Å². The van der Waals surface area contributed by atoms with E-state index in [1.807, 2.05) is 37.4 Å². The highest BCUT2D eigenvalue weighted by Crippen LogP contribution is 2.35. The summed E-state index contributed by atoms with van der Waals surface area (Å²) in [4.78, 5) is 8.85. The molecule has 6 heteroatoms. The van der Waals surface area contributed by atoms with Crippen LogP contribution in [-0.4, -0.2) is 20.2 Å². The number of pyridine rings is 1. The van der Waals surface area contributed by atoms with Gasteiger partial charge < -0.3 is 0 Å². The number of aryl methyl sites for hydroxylation is 1. The van der Waals surface area contributed by atoms with E-state index in [4.69, 9.17) is 4.98 Å². The Morgan fingerprint density at radius 3 is 2.71 bits per heavy atom. The minimum absolute atomic E-state index is 0.804. The van der Waals surface area contributed by atoms with Crippen LogP contribution in [0.2, 0.25) is 0 Å². The SMILES string of the molecule is Cc1nc2c(SCc3cccnc3)nnc(-c3ccccc3)c2s1. The van der Waals surface area contributed by atoms with Crippen molar-refractivity contribution in [1.29, 1.82) is 0 Å². The highest BCUT2D eigenvalue weighted by atomic mass is 32.2. The number of aromatic nitrogens is 4. The molecule has 0 saturated carbocycles. The van der Waals surface area contributed by atoms with Gasteiger partial charge in [0.25, 0.3) is 0 Å². The topological polar surface area (TPSA) is 51.6 Å². The first-order chi connectivity index (χ1) is 11.8.